The number of anilines is 2. The molecule has 3 nitrogen and oxygen atoms in total. The fraction of sp³-hybridized carbons (Fsp3) is 0.278. The largest absolute Gasteiger partial charge is 0.326 e. The third-order valence-electron chi connectivity index (χ3n) is 4.24. The van der Waals surface area contributed by atoms with E-state index in [2.05, 4.69) is 22.3 Å². The van der Waals surface area contributed by atoms with E-state index < -0.39 is 0 Å². The number of thioether (sulfide) groups is 1. The molecule has 0 radical (unpaired) electrons. The second-order valence-electron chi connectivity index (χ2n) is 6.00. The Labute approximate surface area is 145 Å². The Bertz CT molecular complexity index is 755. The Morgan fingerprint density at radius 2 is 2.00 bits per heavy atom. The molecule has 0 bridgehead atoms. The third-order valence-corrected chi connectivity index (χ3v) is 5.70. The number of amides is 1. The summed E-state index contributed by atoms with van der Waals surface area (Å²) in [6.07, 6.45) is 2.00. The standard InChI is InChI=1S/C18H17ClN2OS/c1-11-5-4-6-13(19)16(11)21-14-7-2-3-8-15(14)23-18(21)20-17(22)12-9-10-12/h2-8,12,18H,9-10H2,1H3,(H,20,22). The van der Waals surface area contributed by atoms with Crippen LogP contribution in [0, 0.1) is 12.8 Å². The van der Waals surface area contributed by atoms with Crippen LogP contribution in [-0.2, 0) is 4.79 Å². The topological polar surface area (TPSA) is 32.3 Å². The quantitative estimate of drug-likeness (QED) is 0.875. The molecule has 23 heavy (non-hydrogen) atoms. The van der Waals surface area contributed by atoms with Crippen molar-refractivity contribution in [2.75, 3.05) is 4.90 Å². The summed E-state index contributed by atoms with van der Waals surface area (Å²) in [5, 5.41) is 3.88. The number of hydrogen-bond donors (Lipinski definition) is 1. The van der Waals surface area contributed by atoms with Gasteiger partial charge in [-0.05, 0) is 43.5 Å². The molecule has 1 amide bonds. The van der Waals surface area contributed by atoms with Crippen LogP contribution >= 0.6 is 23.4 Å². The van der Waals surface area contributed by atoms with Crippen molar-refractivity contribution in [3.05, 3.63) is 53.1 Å². The minimum Gasteiger partial charge on any atom is -0.326 e. The van der Waals surface area contributed by atoms with Gasteiger partial charge in [0.05, 0.1) is 16.4 Å². The summed E-state index contributed by atoms with van der Waals surface area (Å²) in [6.45, 7) is 2.05. The Kier molecular flexibility index (Phi) is 3.74. The molecule has 1 aliphatic carbocycles. The SMILES string of the molecule is Cc1cccc(Cl)c1N1c2ccccc2SC1NC(=O)C1CC1. The number of hydrogen-bond acceptors (Lipinski definition) is 3. The van der Waals surface area contributed by atoms with E-state index in [0.717, 1.165) is 34.7 Å². The van der Waals surface area contributed by atoms with Crippen LogP contribution in [0.5, 0.6) is 0 Å². The number of benzene rings is 2. The van der Waals surface area contributed by atoms with Crippen LogP contribution in [-0.4, -0.2) is 11.4 Å². The summed E-state index contributed by atoms with van der Waals surface area (Å²) >= 11 is 8.15. The Morgan fingerprint density at radius 1 is 1.22 bits per heavy atom. The fourth-order valence-corrected chi connectivity index (χ4v) is 4.40. The molecular weight excluding hydrogens is 328 g/mol. The van der Waals surface area contributed by atoms with Crippen molar-refractivity contribution in [3.63, 3.8) is 0 Å². The third kappa shape index (κ3) is 2.70. The molecule has 1 aliphatic heterocycles. The minimum absolute atomic E-state index is 0.144. The maximum absolute atomic E-state index is 12.3. The van der Waals surface area contributed by atoms with Gasteiger partial charge < -0.3 is 10.2 Å². The molecular formula is C18H17ClN2OS. The summed E-state index contributed by atoms with van der Waals surface area (Å²) in [5.74, 6) is 0.332. The monoisotopic (exact) mass is 344 g/mol. The molecule has 2 aromatic carbocycles. The van der Waals surface area contributed by atoms with E-state index in [1.165, 1.54) is 0 Å². The number of rotatable bonds is 3. The maximum atomic E-state index is 12.3. The van der Waals surface area contributed by atoms with E-state index in [-0.39, 0.29) is 17.3 Å². The Balaban J connectivity index is 1.76. The average molecular weight is 345 g/mol. The van der Waals surface area contributed by atoms with Gasteiger partial charge in [-0.2, -0.15) is 0 Å². The van der Waals surface area contributed by atoms with Crippen molar-refractivity contribution in [1.82, 2.24) is 5.32 Å². The van der Waals surface area contributed by atoms with Gasteiger partial charge in [0.1, 0.15) is 0 Å². The van der Waals surface area contributed by atoms with Crippen LogP contribution in [0.1, 0.15) is 18.4 Å². The zero-order valence-electron chi connectivity index (χ0n) is 12.8. The lowest BCUT2D eigenvalue weighted by molar-refractivity contribution is -0.122. The van der Waals surface area contributed by atoms with Crippen LogP contribution in [0.25, 0.3) is 0 Å². The van der Waals surface area contributed by atoms with E-state index in [4.69, 9.17) is 11.6 Å². The van der Waals surface area contributed by atoms with Gasteiger partial charge in [-0.25, -0.2) is 0 Å². The smallest absolute Gasteiger partial charge is 0.225 e. The van der Waals surface area contributed by atoms with Crippen molar-refractivity contribution in [2.24, 2.45) is 5.92 Å². The first-order valence-electron chi connectivity index (χ1n) is 7.75. The molecule has 1 atom stereocenters. The van der Waals surface area contributed by atoms with Gasteiger partial charge in [-0.3, -0.25) is 4.79 Å². The number of para-hydroxylation sites is 2. The zero-order valence-corrected chi connectivity index (χ0v) is 14.3. The van der Waals surface area contributed by atoms with Gasteiger partial charge in [-0.15, -0.1) is 0 Å². The molecule has 5 heteroatoms. The summed E-state index contributed by atoms with van der Waals surface area (Å²) in [4.78, 5) is 15.6. The van der Waals surface area contributed by atoms with E-state index in [1.54, 1.807) is 11.8 Å². The number of nitrogens with zero attached hydrogens (tertiary/aromatic N) is 1. The highest BCUT2D eigenvalue weighted by Gasteiger charge is 2.37. The summed E-state index contributed by atoms with van der Waals surface area (Å²) in [7, 11) is 0. The fourth-order valence-electron chi connectivity index (χ4n) is 2.90. The number of aryl methyl sites for hydroxylation is 1. The molecule has 0 saturated heterocycles. The Morgan fingerprint density at radius 3 is 2.74 bits per heavy atom. The predicted octanol–water partition coefficient (Wildman–Crippen LogP) is 4.70. The molecule has 1 saturated carbocycles. The number of halogens is 1. The molecule has 2 aromatic rings. The number of fused-ring (bicyclic) bond motifs is 1. The second kappa shape index (κ2) is 5.77. The number of nitrogens with one attached hydrogen (secondary N) is 1. The first-order valence-corrected chi connectivity index (χ1v) is 9.01. The van der Waals surface area contributed by atoms with Crippen molar-refractivity contribution in [2.45, 2.75) is 30.2 Å². The highest BCUT2D eigenvalue weighted by Crippen LogP contribution is 2.49. The van der Waals surface area contributed by atoms with Gasteiger partial charge >= 0.3 is 0 Å². The molecule has 4 rings (SSSR count). The lowest BCUT2D eigenvalue weighted by Crippen LogP contribution is -2.42. The van der Waals surface area contributed by atoms with Crippen LogP contribution in [0.2, 0.25) is 5.02 Å². The first kappa shape index (κ1) is 14.9. The van der Waals surface area contributed by atoms with Gasteiger partial charge in [-0.1, -0.05) is 47.6 Å². The lowest BCUT2D eigenvalue weighted by atomic mass is 10.1. The van der Waals surface area contributed by atoms with Gasteiger partial charge in [0, 0.05) is 10.8 Å². The predicted molar refractivity (Wildman–Crippen MR) is 95.3 cm³/mol. The molecule has 1 heterocycles. The minimum atomic E-state index is -0.154. The number of carbonyl (C=O) groups excluding carboxylic acids is 1. The molecule has 118 valence electrons. The molecule has 1 fully saturated rings. The van der Waals surface area contributed by atoms with Gasteiger partial charge in [0.15, 0.2) is 5.50 Å². The van der Waals surface area contributed by atoms with Gasteiger partial charge in [0.2, 0.25) is 5.91 Å². The molecule has 1 N–H and O–H groups in total. The van der Waals surface area contributed by atoms with E-state index in [9.17, 15) is 4.79 Å². The highest BCUT2D eigenvalue weighted by atomic mass is 35.5. The average Bonchev–Trinajstić information content (AvgIpc) is 3.32. The van der Waals surface area contributed by atoms with Crippen LogP contribution in [0.3, 0.4) is 0 Å². The van der Waals surface area contributed by atoms with E-state index >= 15 is 0 Å². The molecule has 0 aromatic heterocycles. The Hall–Kier alpha value is -1.65. The summed E-state index contributed by atoms with van der Waals surface area (Å²) < 4.78 is 0. The molecule has 0 spiro atoms. The molecule has 1 unspecified atom stereocenters. The molecule has 2 aliphatic rings. The zero-order chi connectivity index (χ0) is 16.0. The van der Waals surface area contributed by atoms with Crippen LogP contribution in [0.4, 0.5) is 11.4 Å². The van der Waals surface area contributed by atoms with Crippen LogP contribution < -0.4 is 10.2 Å². The maximum Gasteiger partial charge on any atom is 0.225 e. The highest BCUT2D eigenvalue weighted by molar-refractivity contribution is 8.00. The lowest BCUT2D eigenvalue weighted by Gasteiger charge is -2.29. The van der Waals surface area contributed by atoms with Crippen molar-refractivity contribution >= 4 is 40.6 Å². The number of carbonyl (C=O) groups is 1. The summed E-state index contributed by atoms with van der Waals surface area (Å²) in [6, 6.07) is 14.1. The summed E-state index contributed by atoms with van der Waals surface area (Å²) in [5.41, 5.74) is 3.00. The van der Waals surface area contributed by atoms with Gasteiger partial charge in [0.25, 0.3) is 0 Å². The normalized spacial score (nSPS) is 19.6. The van der Waals surface area contributed by atoms with Crippen molar-refractivity contribution in [1.29, 1.82) is 0 Å². The first-order chi connectivity index (χ1) is 11.1. The van der Waals surface area contributed by atoms with Crippen molar-refractivity contribution in [3.8, 4) is 0 Å². The second-order valence-corrected chi connectivity index (χ2v) is 7.53. The van der Waals surface area contributed by atoms with Crippen LogP contribution in [0.15, 0.2) is 47.4 Å². The van der Waals surface area contributed by atoms with E-state index in [1.807, 2.05) is 37.3 Å². The van der Waals surface area contributed by atoms with Crippen molar-refractivity contribution < 1.29 is 4.79 Å². The van der Waals surface area contributed by atoms with E-state index in [0.29, 0.717) is 5.02 Å².